The van der Waals surface area contributed by atoms with Crippen molar-refractivity contribution in [3.05, 3.63) is 88.0 Å². The summed E-state index contributed by atoms with van der Waals surface area (Å²) in [4.78, 5) is 49.1. The van der Waals surface area contributed by atoms with Crippen LogP contribution in [0.3, 0.4) is 0 Å². The number of nitrogens with two attached hydrogens (primary N) is 12. The first-order valence-electron chi connectivity index (χ1n) is 23.4. The van der Waals surface area contributed by atoms with Crippen LogP contribution in [0.1, 0.15) is 84.5 Å². The van der Waals surface area contributed by atoms with Gasteiger partial charge < -0.3 is 90.1 Å². The molecule has 3 aromatic carbocycles. The highest BCUT2D eigenvalue weighted by Gasteiger charge is 2.15. The van der Waals surface area contributed by atoms with Gasteiger partial charge in [0.15, 0.2) is 11.6 Å². The van der Waals surface area contributed by atoms with E-state index in [1.807, 2.05) is 4.90 Å². The lowest BCUT2D eigenvalue weighted by Gasteiger charge is -2.22. The van der Waals surface area contributed by atoms with Gasteiger partial charge in [0, 0.05) is 76.6 Å². The second-order valence-corrected chi connectivity index (χ2v) is 16.6. The quantitative estimate of drug-likeness (QED) is 0.0184. The molecule has 0 atom stereocenters. The summed E-state index contributed by atoms with van der Waals surface area (Å²) in [6, 6.07) is 14.2. The molecule has 0 spiro atoms. The third-order valence-corrected chi connectivity index (χ3v) is 10.00. The van der Waals surface area contributed by atoms with E-state index in [1.54, 1.807) is 64.1 Å². The van der Waals surface area contributed by atoms with E-state index >= 15 is 0 Å². The zero-order chi connectivity index (χ0) is 58.8. The highest BCUT2D eigenvalue weighted by Crippen LogP contribution is 2.20. The number of hydrazone groups is 2. The van der Waals surface area contributed by atoms with Gasteiger partial charge in [-0.2, -0.15) is 20.4 Å². The Bertz CT molecular complexity index is 2760. The van der Waals surface area contributed by atoms with Crippen molar-refractivity contribution in [2.24, 2.45) is 130 Å². The van der Waals surface area contributed by atoms with Crippen molar-refractivity contribution in [3.8, 4) is 0 Å². The fourth-order valence-electron chi connectivity index (χ4n) is 6.26. The normalized spacial score (nSPS) is 12.0. The maximum absolute atomic E-state index is 13.2. The van der Waals surface area contributed by atoms with Crippen molar-refractivity contribution < 1.29 is 14.4 Å². The molecule has 0 unspecified atom stereocenters. The van der Waals surface area contributed by atoms with E-state index in [1.165, 1.54) is 32.0 Å². The number of guanidine groups is 8. The number of anilines is 3. The minimum atomic E-state index is -0.607. The van der Waals surface area contributed by atoms with E-state index in [0.29, 0.717) is 56.5 Å². The number of benzene rings is 3. The summed E-state index contributed by atoms with van der Waals surface area (Å²) in [6.45, 7) is 10.5. The molecule has 0 aliphatic carbocycles. The smallest absolute Gasteiger partial charge is 0.319 e. The molecule has 30 N–H and O–H groups in total. The van der Waals surface area contributed by atoms with Crippen LogP contribution in [0.5, 0.6) is 0 Å². The molecular weight excluding hydrogens is 1020 g/mol. The number of hydrogen-bond acceptors (Lipinski definition) is 16. The Labute approximate surface area is 454 Å². The summed E-state index contributed by atoms with van der Waals surface area (Å²) in [5.41, 5.74) is 78.1. The molecular formula is C45H69N31O3. The van der Waals surface area contributed by atoms with Gasteiger partial charge in [0.05, 0.1) is 35.9 Å². The van der Waals surface area contributed by atoms with E-state index in [2.05, 4.69) is 83.1 Å². The van der Waals surface area contributed by atoms with Crippen LogP contribution in [0.25, 0.3) is 0 Å². The van der Waals surface area contributed by atoms with Crippen LogP contribution in [0.4, 0.5) is 21.9 Å². The van der Waals surface area contributed by atoms with Crippen molar-refractivity contribution in [2.45, 2.75) is 41.5 Å². The molecule has 34 heteroatoms. The van der Waals surface area contributed by atoms with Gasteiger partial charge in [-0.15, -0.1) is 30.6 Å². The van der Waals surface area contributed by atoms with Gasteiger partial charge in [-0.1, -0.05) is 0 Å². The SMILES string of the molecule is CC(=O)c1cc(NC(=O)NCCN(CCN=C(NN=C(N)N)Nc2cc(C(C)=NN=C(N)N)cc(C(C)=NN=C(N)N)c2)CCN=C(NN=C(N)N)Nc2cc(C(C)=NN=C(N)N)cc(C(C)=NN=C(N)N)c2)cc(C(C)=O)c1. The number of amides is 2. The van der Waals surface area contributed by atoms with Crippen molar-refractivity contribution in [2.75, 3.05) is 55.2 Å². The Hall–Kier alpha value is -10.9. The highest BCUT2D eigenvalue weighted by atomic mass is 16.2. The van der Waals surface area contributed by atoms with Crippen LogP contribution in [0.2, 0.25) is 0 Å². The molecule has 0 bridgehead atoms. The van der Waals surface area contributed by atoms with E-state index < -0.39 is 6.03 Å². The van der Waals surface area contributed by atoms with E-state index in [0.717, 1.165) is 0 Å². The predicted octanol–water partition coefficient (Wildman–Crippen LogP) is -3.00. The molecule has 0 radical (unpaired) electrons. The maximum Gasteiger partial charge on any atom is 0.319 e. The Balaban J connectivity index is 2.08. The minimum Gasteiger partial charge on any atom is -0.369 e. The first kappa shape index (κ1) is 62.4. The molecule has 0 aliphatic heterocycles. The second kappa shape index (κ2) is 31.1. The summed E-state index contributed by atoms with van der Waals surface area (Å²) in [6.07, 6.45) is 0. The van der Waals surface area contributed by atoms with E-state index in [4.69, 9.17) is 78.8 Å². The number of nitrogens with one attached hydrogen (secondary N) is 6. The number of carbonyl (C=O) groups is 3. The zero-order valence-corrected chi connectivity index (χ0v) is 44.4. The number of ketones is 2. The number of rotatable bonds is 24. The monoisotopic (exact) mass is 1090 g/mol. The van der Waals surface area contributed by atoms with Crippen molar-refractivity contribution in [1.29, 1.82) is 0 Å². The van der Waals surface area contributed by atoms with E-state index in [9.17, 15) is 14.4 Å². The number of nitrogens with zero attached hydrogens (tertiary/aromatic N) is 13. The Morgan fingerprint density at radius 3 is 1.00 bits per heavy atom. The molecule has 3 aromatic rings. The number of hydrogen-bond donors (Lipinski definition) is 18. The van der Waals surface area contributed by atoms with Crippen LogP contribution in [0.15, 0.2) is 116 Å². The lowest BCUT2D eigenvalue weighted by Crippen LogP contribution is -2.40. The number of Topliss-reactive ketones (excluding diaryl/α,β-unsaturated/α-hetero) is 2. The molecule has 34 nitrogen and oxygen atoms in total. The molecule has 3 rings (SSSR count). The molecule has 0 aromatic heterocycles. The van der Waals surface area contributed by atoms with Crippen LogP contribution in [-0.4, -0.2) is 132 Å². The van der Waals surface area contributed by atoms with Gasteiger partial charge in [0.1, 0.15) is 0 Å². The molecule has 2 amide bonds. The van der Waals surface area contributed by atoms with Crippen LogP contribution in [-0.2, 0) is 0 Å². The first-order valence-corrected chi connectivity index (χ1v) is 23.4. The van der Waals surface area contributed by atoms with Gasteiger partial charge in [-0.25, -0.2) is 15.6 Å². The van der Waals surface area contributed by atoms with Gasteiger partial charge in [-0.05, 0) is 96.1 Å². The topological polar surface area (TPSA) is 587 Å². The summed E-state index contributed by atoms with van der Waals surface area (Å²) in [7, 11) is 0. The Morgan fingerprint density at radius 2 is 0.696 bits per heavy atom. The predicted molar refractivity (Wildman–Crippen MR) is 315 cm³/mol. The molecule has 0 saturated carbocycles. The molecule has 79 heavy (non-hydrogen) atoms. The van der Waals surface area contributed by atoms with Gasteiger partial charge >= 0.3 is 6.03 Å². The summed E-state index contributed by atoms with van der Waals surface area (Å²) >= 11 is 0. The molecule has 0 aliphatic rings. The Kier molecular flexibility index (Phi) is 24.5. The molecule has 0 heterocycles. The average molecular weight is 1090 g/mol. The summed E-state index contributed by atoms with van der Waals surface area (Å²) in [5, 5.41) is 51.2. The lowest BCUT2D eigenvalue weighted by atomic mass is 10.0. The largest absolute Gasteiger partial charge is 0.369 e. The standard InChI is InChI=1S/C45H69N31O3/c1-22(64-68-37(46)47)28-13-29(23(2)65-69-38(48)49)17-34(16-28)61-43(74-72-41(54)55)58-7-10-76(12-9-60-45(79)63-36-20-32(26(5)77)15-33(21-36)27(6)78)11-8-59-44(75-73-42(56)57)62-35-18-30(24(3)66-70-39(50)51)14-31(19-35)25(4)67-71-40(52)53/h13-21H,7-12H2,1-6H3,(H4,46,47,68)(H4,48,49,69)(H4,50,51,70)(H4,52,53,71)(H4,54,55,72)(H4,56,57,73)(H2,58,61,74)(H2,59,62,75)(H2,60,63,79). The van der Waals surface area contributed by atoms with Crippen molar-refractivity contribution in [3.63, 3.8) is 0 Å². The van der Waals surface area contributed by atoms with Crippen LogP contribution >= 0.6 is 0 Å². The average Bonchev–Trinajstić information content (AvgIpc) is 3.39. The van der Waals surface area contributed by atoms with Crippen LogP contribution < -0.4 is 101 Å². The van der Waals surface area contributed by atoms with Gasteiger partial charge in [0.25, 0.3) is 0 Å². The third-order valence-electron chi connectivity index (χ3n) is 10.00. The van der Waals surface area contributed by atoms with Gasteiger partial charge in [-0.3, -0.25) is 24.5 Å². The second-order valence-electron chi connectivity index (χ2n) is 16.6. The molecule has 0 fully saturated rings. The first-order chi connectivity index (χ1) is 37.3. The number of carbonyl (C=O) groups excluding carboxylic acids is 3. The minimum absolute atomic E-state index is 0.0911. The highest BCUT2D eigenvalue weighted by molar-refractivity contribution is 6.08. The Morgan fingerprint density at radius 1 is 0.392 bits per heavy atom. The fraction of sp³-hybridized carbons (Fsp3) is 0.267. The summed E-state index contributed by atoms with van der Waals surface area (Å²) < 4.78 is 0. The van der Waals surface area contributed by atoms with Crippen LogP contribution in [0, 0.1) is 0 Å². The van der Waals surface area contributed by atoms with Gasteiger partial charge in [0.2, 0.25) is 47.7 Å². The fourth-order valence-corrected chi connectivity index (χ4v) is 6.26. The lowest BCUT2D eigenvalue weighted by molar-refractivity contribution is 0.101. The maximum atomic E-state index is 13.2. The zero-order valence-electron chi connectivity index (χ0n) is 44.4. The molecule has 0 saturated heterocycles. The number of urea groups is 1. The molecule has 422 valence electrons. The van der Waals surface area contributed by atoms with E-state index in [-0.39, 0.29) is 115 Å². The van der Waals surface area contributed by atoms with Crippen molar-refractivity contribution in [1.82, 2.24) is 21.1 Å². The number of aliphatic imine (C=N–C) groups is 2. The van der Waals surface area contributed by atoms with Crippen molar-refractivity contribution >= 4 is 105 Å². The third kappa shape index (κ3) is 23.9. The summed E-state index contributed by atoms with van der Waals surface area (Å²) in [5.74, 6) is -2.01.